The molecule has 4 rings (SSSR count). The first-order chi connectivity index (χ1) is 15.0. The number of likely N-dealkylation sites (tertiary alicyclic amines) is 2. The molecule has 31 heavy (non-hydrogen) atoms. The van der Waals surface area contributed by atoms with E-state index in [9.17, 15) is 9.59 Å². The summed E-state index contributed by atoms with van der Waals surface area (Å²) in [5.74, 6) is 0.229. The van der Waals surface area contributed by atoms with Crippen LogP contribution in [0.5, 0.6) is 0 Å². The van der Waals surface area contributed by atoms with Crippen molar-refractivity contribution in [1.29, 1.82) is 0 Å². The standard InChI is InChI=1S/C24H28ClN3O3/c1-3-4-5-20(16(2)25)18-8-6-17(7-9-18)19-12-28(13-19)24(30)27-11-10-22-21(14-27)26-23(29)15-31-22/h3-9,19,21-22H,1,10-15H2,2H3,(H,26,29)/b5-4-,20-16-/t21-,22+/m1/s1. The van der Waals surface area contributed by atoms with Crippen LogP contribution in [-0.2, 0) is 9.53 Å². The van der Waals surface area contributed by atoms with E-state index in [0.717, 1.165) is 22.6 Å². The number of piperidine rings is 1. The number of rotatable bonds is 4. The van der Waals surface area contributed by atoms with E-state index in [4.69, 9.17) is 16.3 Å². The topological polar surface area (TPSA) is 61.9 Å². The maximum absolute atomic E-state index is 12.9. The third kappa shape index (κ3) is 4.70. The van der Waals surface area contributed by atoms with E-state index < -0.39 is 0 Å². The van der Waals surface area contributed by atoms with E-state index in [1.54, 1.807) is 6.08 Å². The Labute approximate surface area is 188 Å². The van der Waals surface area contributed by atoms with Gasteiger partial charge in [0.25, 0.3) is 0 Å². The zero-order valence-electron chi connectivity index (χ0n) is 17.7. The average Bonchev–Trinajstić information content (AvgIpc) is 2.73. The highest BCUT2D eigenvalue weighted by molar-refractivity contribution is 6.32. The number of benzene rings is 1. The van der Waals surface area contributed by atoms with Crippen LogP contribution >= 0.6 is 11.6 Å². The first-order valence-electron chi connectivity index (χ1n) is 10.7. The molecule has 1 N–H and O–H groups in total. The minimum atomic E-state index is -0.106. The van der Waals surface area contributed by atoms with Crippen molar-refractivity contribution in [3.05, 3.63) is 65.2 Å². The van der Waals surface area contributed by atoms with E-state index in [1.165, 1.54) is 5.56 Å². The van der Waals surface area contributed by atoms with Gasteiger partial charge < -0.3 is 19.9 Å². The summed E-state index contributed by atoms with van der Waals surface area (Å²) in [5.41, 5.74) is 3.25. The lowest BCUT2D eigenvalue weighted by Gasteiger charge is -2.46. The van der Waals surface area contributed by atoms with Crippen molar-refractivity contribution in [2.45, 2.75) is 31.4 Å². The molecule has 3 aliphatic rings. The number of halogens is 1. The fourth-order valence-corrected chi connectivity index (χ4v) is 4.60. The van der Waals surface area contributed by atoms with Crippen LogP contribution in [0.4, 0.5) is 4.79 Å². The van der Waals surface area contributed by atoms with Gasteiger partial charge in [0.05, 0.1) is 12.1 Å². The zero-order valence-corrected chi connectivity index (χ0v) is 18.5. The van der Waals surface area contributed by atoms with Crippen LogP contribution in [0.15, 0.2) is 54.1 Å². The summed E-state index contributed by atoms with van der Waals surface area (Å²) in [4.78, 5) is 28.2. The summed E-state index contributed by atoms with van der Waals surface area (Å²) in [5, 5.41) is 3.68. The third-order valence-electron chi connectivity index (χ3n) is 6.21. The number of allylic oxidation sites excluding steroid dienone is 5. The van der Waals surface area contributed by atoms with Crippen LogP contribution in [0.3, 0.4) is 0 Å². The molecule has 3 saturated heterocycles. The molecule has 0 radical (unpaired) electrons. The fourth-order valence-electron chi connectivity index (χ4n) is 4.43. The Morgan fingerprint density at radius 2 is 1.97 bits per heavy atom. The molecule has 0 unspecified atom stereocenters. The van der Waals surface area contributed by atoms with Gasteiger partial charge in [-0.25, -0.2) is 4.79 Å². The van der Waals surface area contributed by atoms with Crippen LogP contribution < -0.4 is 5.32 Å². The largest absolute Gasteiger partial charge is 0.366 e. The molecule has 2 atom stereocenters. The molecular formula is C24H28ClN3O3. The number of carbonyl (C=O) groups is 2. The van der Waals surface area contributed by atoms with Gasteiger partial charge in [-0.1, -0.05) is 60.7 Å². The number of ether oxygens (including phenoxy) is 1. The Morgan fingerprint density at radius 3 is 2.65 bits per heavy atom. The number of hydrogen-bond acceptors (Lipinski definition) is 3. The number of nitrogens with one attached hydrogen (secondary N) is 1. The van der Waals surface area contributed by atoms with Gasteiger partial charge in [-0.3, -0.25) is 4.79 Å². The van der Waals surface area contributed by atoms with Crippen LogP contribution in [0.2, 0.25) is 0 Å². The second kappa shape index (κ2) is 9.28. The highest BCUT2D eigenvalue weighted by atomic mass is 35.5. The highest BCUT2D eigenvalue weighted by Gasteiger charge is 2.40. The van der Waals surface area contributed by atoms with Crippen molar-refractivity contribution in [3.8, 4) is 0 Å². The van der Waals surface area contributed by atoms with Crippen LogP contribution in [0.25, 0.3) is 5.57 Å². The lowest BCUT2D eigenvalue weighted by atomic mass is 9.90. The molecule has 1 aromatic carbocycles. The lowest BCUT2D eigenvalue weighted by molar-refractivity contribution is -0.139. The molecular weight excluding hydrogens is 414 g/mol. The molecule has 3 aliphatic heterocycles. The Balaban J connectivity index is 1.33. The average molecular weight is 442 g/mol. The number of fused-ring (bicyclic) bond motifs is 1. The van der Waals surface area contributed by atoms with Gasteiger partial charge in [-0.2, -0.15) is 0 Å². The summed E-state index contributed by atoms with van der Waals surface area (Å²) < 4.78 is 5.58. The van der Waals surface area contributed by atoms with E-state index in [1.807, 2.05) is 28.9 Å². The molecule has 0 bridgehead atoms. The smallest absolute Gasteiger partial charge is 0.320 e. The Morgan fingerprint density at radius 1 is 1.23 bits per heavy atom. The zero-order chi connectivity index (χ0) is 22.0. The summed E-state index contributed by atoms with van der Waals surface area (Å²) in [6.07, 6.45) is 6.33. The molecule has 0 saturated carbocycles. The predicted octanol–water partition coefficient (Wildman–Crippen LogP) is 3.51. The van der Waals surface area contributed by atoms with Crippen LogP contribution in [0, 0.1) is 0 Å². The van der Waals surface area contributed by atoms with Crippen molar-refractivity contribution in [1.82, 2.24) is 15.1 Å². The lowest BCUT2D eigenvalue weighted by Crippen LogP contribution is -2.63. The first kappa shape index (κ1) is 21.7. The normalized spacial score (nSPS) is 24.9. The van der Waals surface area contributed by atoms with Crippen molar-refractivity contribution in [2.75, 3.05) is 32.8 Å². The highest BCUT2D eigenvalue weighted by Crippen LogP contribution is 2.31. The molecule has 3 amide bonds. The number of morpholine rings is 1. The Bertz CT molecular complexity index is 915. The van der Waals surface area contributed by atoms with Gasteiger partial charge in [-0.15, -0.1) is 0 Å². The predicted molar refractivity (Wildman–Crippen MR) is 122 cm³/mol. The molecule has 1 aromatic rings. The van der Waals surface area contributed by atoms with Crippen molar-refractivity contribution in [3.63, 3.8) is 0 Å². The van der Waals surface area contributed by atoms with Gasteiger partial charge in [0.1, 0.15) is 6.61 Å². The van der Waals surface area contributed by atoms with E-state index >= 15 is 0 Å². The van der Waals surface area contributed by atoms with Gasteiger partial charge >= 0.3 is 6.03 Å². The first-order valence-corrected chi connectivity index (χ1v) is 11.0. The number of urea groups is 1. The quantitative estimate of drug-likeness (QED) is 0.727. The van der Waals surface area contributed by atoms with Crippen molar-refractivity contribution in [2.24, 2.45) is 0 Å². The van der Waals surface area contributed by atoms with Crippen LogP contribution in [0.1, 0.15) is 30.4 Å². The molecule has 0 aromatic heterocycles. The second-order valence-electron chi connectivity index (χ2n) is 8.31. The van der Waals surface area contributed by atoms with Gasteiger partial charge in [0, 0.05) is 37.1 Å². The SMILES string of the molecule is C=C/C=C\C(=C(/C)Cl)c1ccc(C2CN(C(=O)N3CC[C@@H]4OCC(=O)N[C@@H]4C3)C2)cc1. The Kier molecular flexibility index (Phi) is 6.49. The maximum Gasteiger partial charge on any atom is 0.320 e. The summed E-state index contributed by atoms with van der Waals surface area (Å²) in [6.45, 7) is 8.29. The molecule has 3 heterocycles. The monoisotopic (exact) mass is 441 g/mol. The summed E-state index contributed by atoms with van der Waals surface area (Å²) in [7, 11) is 0. The minimum absolute atomic E-state index is 0.0151. The van der Waals surface area contributed by atoms with E-state index in [0.29, 0.717) is 32.1 Å². The Hall–Kier alpha value is -2.57. The molecule has 6 nitrogen and oxygen atoms in total. The fraction of sp³-hybridized carbons (Fsp3) is 0.417. The molecule has 7 heteroatoms. The van der Waals surface area contributed by atoms with Crippen molar-refractivity contribution < 1.29 is 14.3 Å². The summed E-state index contributed by atoms with van der Waals surface area (Å²) in [6, 6.07) is 8.32. The summed E-state index contributed by atoms with van der Waals surface area (Å²) >= 11 is 6.25. The van der Waals surface area contributed by atoms with E-state index in [2.05, 4.69) is 36.2 Å². The van der Waals surface area contributed by atoms with Gasteiger partial charge in [0.15, 0.2) is 0 Å². The number of amides is 3. The maximum atomic E-state index is 12.9. The second-order valence-corrected chi connectivity index (χ2v) is 8.87. The van der Waals surface area contributed by atoms with Crippen LogP contribution in [-0.4, -0.2) is 66.7 Å². The minimum Gasteiger partial charge on any atom is -0.366 e. The molecule has 0 aliphatic carbocycles. The van der Waals surface area contributed by atoms with Gasteiger partial charge in [0.2, 0.25) is 5.91 Å². The van der Waals surface area contributed by atoms with E-state index in [-0.39, 0.29) is 30.7 Å². The van der Waals surface area contributed by atoms with Crippen molar-refractivity contribution >= 4 is 29.1 Å². The number of carbonyl (C=O) groups excluding carboxylic acids is 2. The molecule has 164 valence electrons. The molecule has 0 spiro atoms. The number of hydrogen-bond donors (Lipinski definition) is 1. The number of nitrogens with zero attached hydrogens (tertiary/aromatic N) is 2. The third-order valence-corrected chi connectivity index (χ3v) is 6.41. The van der Waals surface area contributed by atoms with Gasteiger partial charge in [-0.05, 0) is 30.0 Å². The molecule has 3 fully saturated rings.